The number of benzene rings is 1. The maximum absolute atomic E-state index is 11.8. The van der Waals surface area contributed by atoms with Crippen molar-refractivity contribution in [1.82, 2.24) is 10.0 Å². The molecule has 3 rings (SSSR count). The van der Waals surface area contributed by atoms with Gasteiger partial charge in [0.2, 0.25) is 0 Å². The molecule has 1 saturated heterocycles. The van der Waals surface area contributed by atoms with E-state index in [1.165, 1.54) is 0 Å². The first-order chi connectivity index (χ1) is 8.17. The van der Waals surface area contributed by atoms with Crippen molar-refractivity contribution < 1.29 is 8.42 Å². The number of fused-ring (bicyclic) bond motifs is 1. The van der Waals surface area contributed by atoms with E-state index < -0.39 is 10.0 Å². The van der Waals surface area contributed by atoms with Gasteiger partial charge in [-0.05, 0) is 25.1 Å². The summed E-state index contributed by atoms with van der Waals surface area (Å²) in [5.41, 5.74) is 0.680. The van der Waals surface area contributed by atoms with Crippen LogP contribution in [-0.4, -0.2) is 33.4 Å². The second kappa shape index (κ2) is 4.87. The van der Waals surface area contributed by atoms with Crippen LogP contribution in [0.4, 0.5) is 0 Å². The van der Waals surface area contributed by atoms with Crippen LogP contribution < -0.4 is 10.0 Å². The molecule has 1 unspecified atom stereocenters. The molecule has 2 aliphatic rings. The molecule has 0 spiro atoms. The third kappa shape index (κ3) is 2.23. The van der Waals surface area contributed by atoms with Crippen LogP contribution in [-0.2, 0) is 10.0 Å². The largest absolute Gasteiger partial charge is 0.315 e. The molecule has 7 heteroatoms. The maximum Gasteiger partial charge on any atom is 0.263 e. The van der Waals surface area contributed by atoms with E-state index in [4.69, 9.17) is 0 Å². The highest BCUT2D eigenvalue weighted by Gasteiger charge is 2.31. The van der Waals surface area contributed by atoms with Crippen molar-refractivity contribution in [3.05, 3.63) is 29.8 Å². The molecule has 2 N–H and O–H groups in total. The second-order valence-electron chi connectivity index (χ2n) is 4.23. The smallest absolute Gasteiger partial charge is 0.263 e. The standard InChI is InChI=1S/C11H13N3O2S.ClH/c15-17(16)10-4-2-1-3-9(10)11(14-17)13-8-5-6-12-7-8;/h1-4,8,12H,5-7H2,(H,13,14);1H. The number of rotatable bonds is 1. The molecular weight excluding hydrogens is 274 g/mol. The van der Waals surface area contributed by atoms with Crippen molar-refractivity contribution in [3.8, 4) is 0 Å². The summed E-state index contributed by atoms with van der Waals surface area (Å²) in [7, 11) is -3.40. The predicted octanol–water partition coefficient (Wildman–Crippen LogP) is 0.509. The zero-order valence-corrected chi connectivity index (χ0v) is 11.2. The van der Waals surface area contributed by atoms with Gasteiger partial charge in [-0.15, -0.1) is 12.4 Å². The third-order valence-electron chi connectivity index (χ3n) is 3.01. The van der Waals surface area contributed by atoms with Crippen LogP contribution in [0.25, 0.3) is 0 Å². The van der Waals surface area contributed by atoms with Gasteiger partial charge in [0.15, 0.2) is 0 Å². The quantitative estimate of drug-likeness (QED) is 0.791. The predicted molar refractivity (Wildman–Crippen MR) is 71.8 cm³/mol. The zero-order valence-electron chi connectivity index (χ0n) is 9.59. The molecule has 1 aromatic carbocycles. The Morgan fingerprint density at radius 1 is 1.28 bits per heavy atom. The Hall–Kier alpha value is -1.11. The summed E-state index contributed by atoms with van der Waals surface area (Å²) in [6.45, 7) is 1.75. The molecule has 1 aromatic rings. The normalized spacial score (nSPS) is 26.4. The van der Waals surface area contributed by atoms with Crippen LogP contribution in [0.1, 0.15) is 12.0 Å². The van der Waals surface area contributed by atoms with Gasteiger partial charge in [-0.2, -0.15) is 0 Å². The van der Waals surface area contributed by atoms with E-state index in [9.17, 15) is 8.42 Å². The number of hydrogen-bond donors (Lipinski definition) is 2. The summed E-state index contributed by atoms with van der Waals surface area (Å²) in [4.78, 5) is 4.80. The van der Waals surface area contributed by atoms with Gasteiger partial charge in [0.1, 0.15) is 5.84 Å². The monoisotopic (exact) mass is 287 g/mol. The Kier molecular flexibility index (Phi) is 3.61. The molecule has 0 amide bonds. The number of hydrogen-bond acceptors (Lipinski definition) is 4. The molecule has 0 aliphatic carbocycles. The highest BCUT2D eigenvalue weighted by molar-refractivity contribution is 7.90. The molecule has 98 valence electrons. The summed E-state index contributed by atoms with van der Waals surface area (Å²) >= 11 is 0. The lowest BCUT2D eigenvalue weighted by molar-refractivity contribution is 0.595. The van der Waals surface area contributed by atoms with Gasteiger partial charge < -0.3 is 5.32 Å². The van der Waals surface area contributed by atoms with Gasteiger partial charge in [-0.25, -0.2) is 8.42 Å². The van der Waals surface area contributed by atoms with Crippen LogP contribution in [0, 0.1) is 0 Å². The van der Waals surface area contributed by atoms with E-state index in [1.54, 1.807) is 18.2 Å². The summed E-state index contributed by atoms with van der Waals surface area (Å²) in [5.74, 6) is 0.481. The fourth-order valence-electron chi connectivity index (χ4n) is 2.16. The SMILES string of the molecule is Cl.O=S1(=O)NC(=NC2CCNC2)c2ccccc21. The van der Waals surface area contributed by atoms with Crippen molar-refractivity contribution in [2.45, 2.75) is 17.4 Å². The second-order valence-corrected chi connectivity index (χ2v) is 5.88. The first kappa shape index (κ1) is 13.3. The maximum atomic E-state index is 11.8. The van der Waals surface area contributed by atoms with Gasteiger partial charge in [-0.3, -0.25) is 9.71 Å². The first-order valence-electron chi connectivity index (χ1n) is 5.57. The Morgan fingerprint density at radius 2 is 2.06 bits per heavy atom. The van der Waals surface area contributed by atoms with E-state index in [0.29, 0.717) is 16.3 Å². The van der Waals surface area contributed by atoms with Gasteiger partial charge in [0.05, 0.1) is 10.9 Å². The van der Waals surface area contributed by atoms with Crippen molar-refractivity contribution in [1.29, 1.82) is 0 Å². The fourth-order valence-corrected chi connectivity index (χ4v) is 3.40. The van der Waals surface area contributed by atoms with E-state index in [0.717, 1.165) is 19.5 Å². The number of halogens is 1. The van der Waals surface area contributed by atoms with E-state index in [-0.39, 0.29) is 18.4 Å². The number of nitrogens with one attached hydrogen (secondary N) is 2. The zero-order chi connectivity index (χ0) is 11.9. The van der Waals surface area contributed by atoms with Gasteiger partial charge in [-0.1, -0.05) is 12.1 Å². The highest BCUT2D eigenvalue weighted by atomic mass is 35.5. The Labute approximate surface area is 112 Å². The van der Waals surface area contributed by atoms with Crippen LogP contribution >= 0.6 is 12.4 Å². The van der Waals surface area contributed by atoms with E-state index >= 15 is 0 Å². The molecule has 2 aliphatic heterocycles. The summed E-state index contributed by atoms with van der Waals surface area (Å²) in [6, 6.07) is 7.10. The van der Waals surface area contributed by atoms with E-state index in [1.807, 2.05) is 6.07 Å². The fraction of sp³-hybridized carbons (Fsp3) is 0.364. The minimum Gasteiger partial charge on any atom is -0.315 e. The average molecular weight is 288 g/mol. The van der Waals surface area contributed by atoms with Crippen molar-refractivity contribution in [3.63, 3.8) is 0 Å². The third-order valence-corrected chi connectivity index (χ3v) is 4.41. The highest BCUT2D eigenvalue weighted by Crippen LogP contribution is 2.22. The molecule has 0 aromatic heterocycles. The van der Waals surface area contributed by atoms with Crippen LogP contribution in [0.2, 0.25) is 0 Å². The summed E-state index contributed by atoms with van der Waals surface area (Å²) < 4.78 is 26.2. The molecule has 1 fully saturated rings. The van der Waals surface area contributed by atoms with Crippen molar-refractivity contribution in [2.75, 3.05) is 13.1 Å². The number of sulfonamides is 1. The number of amidine groups is 1. The van der Waals surface area contributed by atoms with Gasteiger partial charge >= 0.3 is 0 Å². The summed E-state index contributed by atoms with van der Waals surface area (Å²) in [5, 5.41) is 3.21. The molecule has 18 heavy (non-hydrogen) atoms. The Morgan fingerprint density at radius 3 is 2.78 bits per heavy atom. The van der Waals surface area contributed by atoms with Crippen LogP contribution in [0.3, 0.4) is 0 Å². The minimum absolute atomic E-state index is 0. The van der Waals surface area contributed by atoms with Gasteiger partial charge in [0, 0.05) is 12.1 Å². The number of aliphatic imine (C=N–C) groups is 1. The van der Waals surface area contributed by atoms with Crippen LogP contribution in [0.5, 0.6) is 0 Å². The lowest BCUT2D eigenvalue weighted by atomic mass is 10.2. The molecule has 5 nitrogen and oxygen atoms in total. The molecule has 0 saturated carbocycles. The molecular formula is C11H14ClN3O2S. The lowest BCUT2D eigenvalue weighted by Gasteiger charge is -2.03. The molecule has 2 heterocycles. The summed E-state index contributed by atoms with van der Waals surface area (Å²) in [6.07, 6.45) is 0.952. The van der Waals surface area contributed by atoms with Crippen molar-refractivity contribution in [2.24, 2.45) is 4.99 Å². The lowest BCUT2D eigenvalue weighted by Crippen LogP contribution is -2.24. The molecule has 0 bridgehead atoms. The minimum atomic E-state index is -3.40. The number of nitrogens with zero attached hydrogens (tertiary/aromatic N) is 1. The molecule has 1 atom stereocenters. The first-order valence-corrected chi connectivity index (χ1v) is 7.06. The molecule has 0 radical (unpaired) electrons. The Balaban J connectivity index is 0.00000120. The average Bonchev–Trinajstić information content (AvgIpc) is 2.88. The topological polar surface area (TPSA) is 70.6 Å². The van der Waals surface area contributed by atoms with Crippen molar-refractivity contribution >= 4 is 28.3 Å². The van der Waals surface area contributed by atoms with Crippen LogP contribution in [0.15, 0.2) is 34.2 Å². The van der Waals surface area contributed by atoms with Gasteiger partial charge in [0.25, 0.3) is 10.0 Å². The van der Waals surface area contributed by atoms with E-state index in [2.05, 4.69) is 15.0 Å². The Bertz CT molecular complexity index is 580.